The van der Waals surface area contributed by atoms with E-state index >= 15 is 0 Å². The third-order valence-corrected chi connectivity index (χ3v) is 6.30. The van der Waals surface area contributed by atoms with Crippen LogP contribution >= 0.6 is 0 Å². The highest BCUT2D eigenvalue weighted by molar-refractivity contribution is 5.73. The Hall–Kier alpha value is -4.05. The summed E-state index contributed by atoms with van der Waals surface area (Å²) < 4.78 is 18.1. The van der Waals surface area contributed by atoms with Gasteiger partial charge in [0.1, 0.15) is 40.9 Å². The quantitative estimate of drug-likeness (QED) is 0.161. The fourth-order valence-corrected chi connectivity index (χ4v) is 4.23. The second kappa shape index (κ2) is 16.9. The molecule has 0 fully saturated rings. The Labute approximate surface area is 241 Å². The highest BCUT2D eigenvalue weighted by atomic mass is 16.5. The number of allylic oxidation sites excluding steroid dienone is 2. The average Bonchev–Trinajstić information content (AvgIpc) is 3.22. The molecule has 0 aliphatic carbocycles. The van der Waals surface area contributed by atoms with Gasteiger partial charge in [0, 0.05) is 49.7 Å². The summed E-state index contributed by atoms with van der Waals surface area (Å²) in [6, 6.07) is 9.17. The van der Waals surface area contributed by atoms with Crippen LogP contribution in [0.1, 0.15) is 45.1 Å². The fourth-order valence-electron chi connectivity index (χ4n) is 4.23. The van der Waals surface area contributed by atoms with Gasteiger partial charge in [0.25, 0.3) is 0 Å². The van der Waals surface area contributed by atoms with E-state index in [0.29, 0.717) is 67.2 Å². The van der Waals surface area contributed by atoms with E-state index in [1.807, 2.05) is 0 Å². The fraction of sp³-hybridized carbons (Fsp3) is 0.500. The number of anilines is 1. The molecule has 1 aromatic rings. The van der Waals surface area contributed by atoms with Gasteiger partial charge in [0.05, 0.1) is 32.0 Å². The molecule has 0 aromatic heterocycles. The normalized spacial score (nSPS) is 13.9. The lowest BCUT2D eigenvalue weighted by Gasteiger charge is -2.26. The monoisotopic (exact) mass is 566 g/mol. The van der Waals surface area contributed by atoms with Crippen molar-refractivity contribution in [3.8, 4) is 29.7 Å². The van der Waals surface area contributed by atoms with Crippen LogP contribution in [0.3, 0.4) is 0 Å². The average molecular weight is 567 g/mol. The number of hydrogen-bond acceptors (Lipinski definition) is 11. The molecule has 0 saturated heterocycles. The zero-order valence-electron chi connectivity index (χ0n) is 23.6. The molecular weight excluding hydrogens is 528 g/mol. The topological polar surface area (TPSA) is 183 Å². The predicted molar refractivity (Wildman–Crippen MR) is 152 cm³/mol. The molecule has 4 N–H and O–H groups in total. The van der Waals surface area contributed by atoms with Crippen molar-refractivity contribution in [3.63, 3.8) is 0 Å². The Morgan fingerprint density at radius 3 is 1.83 bits per heavy atom. The highest BCUT2D eigenvalue weighted by Gasteiger charge is 2.38. The van der Waals surface area contributed by atoms with E-state index < -0.39 is 5.60 Å². The number of rotatable bonds is 17. The minimum atomic E-state index is -1.01. The van der Waals surface area contributed by atoms with E-state index in [9.17, 15) is 36.2 Å². The molecule has 220 valence electrons. The molecule has 1 heterocycles. The van der Waals surface area contributed by atoms with Crippen LogP contribution in [-0.2, 0) is 4.74 Å². The van der Waals surface area contributed by atoms with Crippen LogP contribution < -0.4 is 14.4 Å². The van der Waals surface area contributed by atoms with Crippen LogP contribution in [0.15, 0.2) is 40.7 Å². The molecule has 2 rings (SSSR count). The maximum atomic E-state index is 9.91. The van der Waals surface area contributed by atoms with E-state index in [-0.39, 0.29) is 56.4 Å². The summed E-state index contributed by atoms with van der Waals surface area (Å²) in [6.07, 6.45) is 5.68. The molecule has 1 aromatic carbocycles. The first-order chi connectivity index (χ1) is 19.8. The summed E-state index contributed by atoms with van der Waals surface area (Å²) in [5, 5.41) is 66.2. The smallest absolute Gasteiger partial charge is 0.172 e. The van der Waals surface area contributed by atoms with Gasteiger partial charge in [-0.1, -0.05) is 6.08 Å². The summed E-state index contributed by atoms with van der Waals surface area (Å²) in [7, 11) is 0. The largest absolute Gasteiger partial charge is 0.493 e. The molecule has 1 aliphatic rings. The molecule has 41 heavy (non-hydrogen) atoms. The summed E-state index contributed by atoms with van der Waals surface area (Å²) in [6.45, 7) is 4.38. The van der Waals surface area contributed by atoms with Gasteiger partial charge < -0.3 is 39.5 Å². The number of aliphatic hydroxyl groups is 4. The zero-order valence-corrected chi connectivity index (χ0v) is 23.6. The van der Waals surface area contributed by atoms with Crippen molar-refractivity contribution in [3.05, 3.63) is 46.3 Å². The number of aliphatic hydroxyl groups excluding tert-OH is 4. The number of ether oxygens (including phenoxy) is 3. The van der Waals surface area contributed by atoms with E-state index in [2.05, 4.69) is 6.07 Å². The third-order valence-electron chi connectivity index (χ3n) is 6.30. The lowest BCUT2D eigenvalue weighted by molar-refractivity contribution is 0.0954. The van der Waals surface area contributed by atoms with E-state index in [4.69, 9.17) is 14.2 Å². The molecular formula is C30H38N4O7. The molecule has 11 nitrogen and oxygen atoms in total. The molecule has 0 unspecified atom stereocenters. The second-order valence-electron chi connectivity index (χ2n) is 9.62. The number of nitriles is 3. The van der Waals surface area contributed by atoms with Crippen molar-refractivity contribution < 1.29 is 34.6 Å². The van der Waals surface area contributed by atoms with Crippen LogP contribution in [-0.4, -0.2) is 78.8 Å². The van der Waals surface area contributed by atoms with Gasteiger partial charge in [0.15, 0.2) is 11.3 Å². The van der Waals surface area contributed by atoms with Gasteiger partial charge in [-0.05, 0) is 45.6 Å². The maximum absolute atomic E-state index is 9.91. The molecule has 0 saturated carbocycles. The van der Waals surface area contributed by atoms with Crippen LogP contribution in [0.2, 0.25) is 0 Å². The number of nitrogens with zero attached hydrogens (tertiary/aromatic N) is 4. The first kappa shape index (κ1) is 33.2. The molecule has 0 amide bonds. The number of unbranched alkanes of at least 4 members (excludes halogenated alkanes) is 2. The Balaban J connectivity index is 2.72. The molecule has 0 radical (unpaired) electrons. The molecule has 11 heteroatoms. The molecule has 0 atom stereocenters. The summed E-state index contributed by atoms with van der Waals surface area (Å²) in [5.41, 5.74) is 0.429. The lowest BCUT2D eigenvalue weighted by Crippen LogP contribution is -2.29. The van der Waals surface area contributed by atoms with Crippen LogP contribution in [0.4, 0.5) is 5.69 Å². The molecule has 0 spiro atoms. The van der Waals surface area contributed by atoms with Crippen LogP contribution in [0, 0.1) is 34.0 Å². The predicted octanol–water partition coefficient (Wildman–Crippen LogP) is 2.72. The Morgan fingerprint density at radius 2 is 1.39 bits per heavy atom. The summed E-state index contributed by atoms with van der Waals surface area (Å²) in [4.78, 5) is 1.79. The summed E-state index contributed by atoms with van der Waals surface area (Å²) in [5.74, 6) is 0.814. The number of hydrogen-bond donors (Lipinski definition) is 4. The SMILES string of the molecule is CC1(C)OC(=C(C#N)C#N)C(C#N)=C1/C=C/c1c(OCCCCO)cc(N(CCO)CCO)cc1OCCCCO. The van der Waals surface area contributed by atoms with Crippen molar-refractivity contribution in [1.29, 1.82) is 15.8 Å². The zero-order chi connectivity index (χ0) is 30.3. The minimum absolute atomic E-state index is 0.0273. The van der Waals surface area contributed by atoms with Gasteiger partial charge in [-0.3, -0.25) is 0 Å². The molecule has 0 bridgehead atoms. The van der Waals surface area contributed by atoms with Crippen molar-refractivity contribution in [2.45, 2.75) is 45.1 Å². The van der Waals surface area contributed by atoms with Gasteiger partial charge in [-0.25, -0.2) is 0 Å². The first-order valence-corrected chi connectivity index (χ1v) is 13.5. The van der Waals surface area contributed by atoms with Crippen molar-refractivity contribution in [1.82, 2.24) is 0 Å². The standard InChI is InChI=1S/C30H38N4O7/c1-30(2)26(25(21-33)29(41-30)22(19-31)20-32)8-7-24-27(39-15-5-3-11-35)17-23(34(9-13-37)10-14-38)18-28(24)40-16-6-4-12-36/h7-8,17-18,35-38H,3-6,9-16H2,1-2H3/b8-7+. The van der Waals surface area contributed by atoms with Crippen LogP contribution in [0.5, 0.6) is 11.5 Å². The van der Waals surface area contributed by atoms with Crippen molar-refractivity contribution in [2.75, 3.05) is 57.6 Å². The first-order valence-electron chi connectivity index (χ1n) is 13.5. The van der Waals surface area contributed by atoms with Gasteiger partial charge in [-0.15, -0.1) is 0 Å². The second-order valence-corrected chi connectivity index (χ2v) is 9.62. The van der Waals surface area contributed by atoms with Gasteiger partial charge in [0.2, 0.25) is 0 Å². The maximum Gasteiger partial charge on any atom is 0.172 e. The van der Waals surface area contributed by atoms with Crippen LogP contribution in [0.25, 0.3) is 6.08 Å². The van der Waals surface area contributed by atoms with E-state index in [0.717, 1.165) is 0 Å². The van der Waals surface area contributed by atoms with Gasteiger partial charge >= 0.3 is 0 Å². The summed E-state index contributed by atoms with van der Waals surface area (Å²) >= 11 is 0. The highest BCUT2D eigenvalue weighted by Crippen LogP contribution is 2.42. The minimum Gasteiger partial charge on any atom is -0.493 e. The number of benzene rings is 1. The lowest BCUT2D eigenvalue weighted by atomic mass is 9.94. The molecule has 1 aliphatic heterocycles. The third kappa shape index (κ3) is 8.97. The van der Waals surface area contributed by atoms with E-state index in [1.165, 1.54) is 0 Å². The Bertz CT molecular complexity index is 1190. The van der Waals surface area contributed by atoms with Gasteiger partial charge in [-0.2, -0.15) is 15.8 Å². The van der Waals surface area contributed by atoms with Crippen molar-refractivity contribution >= 4 is 11.8 Å². The van der Waals surface area contributed by atoms with Crippen molar-refractivity contribution in [2.24, 2.45) is 0 Å². The van der Waals surface area contributed by atoms with E-state index in [1.54, 1.807) is 55.2 Å². The Kier molecular flexibility index (Phi) is 13.7. The Morgan fingerprint density at radius 1 is 0.854 bits per heavy atom.